The highest BCUT2D eigenvalue weighted by Crippen LogP contribution is 2.46. The standard InChI is InChI=1S/C32H27N2/c1-18-19(2)21(4)30-27(20(18)3)31-28-23(15-16-33(31)5)17-25(22-11-7-6-8-12-22)29-24-13-9-10-14-26(24)34(30)32(28)29/h6-17H,1-5H3/q+1. The van der Waals surface area contributed by atoms with Crippen LogP contribution in [-0.4, -0.2) is 4.40 Å². The molecule has 0 fully saturated rings. The van der Waals surface area contributed by atoms with E-state index in [1.807, 2.05) is 0 Å². The van der Waals surface area contributed by atoms with Gasteiger partial charge < -0.3 is 4.40 Å². The lowest BCUT2D eigenvalue weighted by Gasteiger charge is -2.19. The molecule has 4 aromatic carbocycles. The number of aryl methyl sites for hydroxylation is 3. The van der Waals surface area contributed by atoms with E-state index in [0.29, 0.717) is 0 Å². The molecule has 0 N–H and O–H groups in total. The predicted molar refractivity (Wildman–Crippen MR) is 144 cm³/mol. The van der Waals surface area contributed by atoms with Crippen molar-refractivity contribution in [2.45, 2.75) is 27.7 Å². The number of rotatable bonds is 1. The van der Waals surface area contributed by atoms with Gasteiger partial charge in [0.25, 0.3) is 0 Å². The zero-order chi connectivity index (χ0) is 23.3. The first-order valence-corrected chi connectivity index (χ1v) is 12.0. The van der Waals surface area contributed by atoms with Gasteiger partial charge in [-0.15, -0.1) is 0 Å². The average molecular weight is 440 g/mol. The van der Waals surface area contributed by atoms with Gasteiger partial charge in [0.15, 0.2) is 6.20 Å². The van der Waals surface area contributed by atoms with Crippen molar-refractivity contribution in [1.29, 1.82) is 0 Å². The lowest BCUT2D eigenvalue weighted by molar-refractivity contribution is -0.643. The summed E-state index contributed by atoms with van der Waals surface area (Å²) in [5, 5.41) is 6.69. The SMILES string of the molecule is Cc1c(C)c(C)c2c(c1C)c1c3c(cc[n+]1C)cc(-c1ccccc1)c1c4ccccc4n2c13. The van der Waals surface area contributed by atoms with Crippen molar-refractivity contribution in [2.24, 2.45) is 7.05 Å². The summed E-state index contributed by atoms with van der Waals surface area (Å²) in [5.74, 6) is 0. The maximum absolute atomic E-state index is 2.57. The van der Waals surface area contributed by atoms with Crippen LogP contribution < -0.4 is 4.57 Å². The number of nitrogens with zero attached hydrogens (tertiary/aromatic N) is 2. The Morgan fingerprint density at radius 2 is 1.35 bits per heavy atom. The quantitative estimate of drug-likeness (QED) is 0.141. The van der Waals surface area contributed by atoms with Gasteiger partial charge in [0.1, 0.15) is 7.05 Å². The second kappa shape index (κ2) is 6.57. The molecule has 7 aromatic rings. The minimum Gasteiger partial charge on any atom is -0.307 e. The van der Waals surface area contributed by atoms with Crippen molar-refractivity contribution < 1.29 is 4.57 Å². The fraction of sp³-hybridized carbons (Fsp3) is 0.156. The van der Waals surface area contributed by atoms with Crippen LogP contribution in [0.25, 0.3) is 60.1 Å². The number of hydrogen-bond donors (Lipinski definition) is 0. The molecule has 3 heterocycles. The molecule has 0 saturated heterocycles. The highest BCUT2D eigenvalue weighted by atomic mass is 15.0. The van der Waals surface area contributed by atoms with Crippen molar-refractivity contribution in [2.75, 3.05) is 0 Å². The molecule has 34 heavy (non-hydrogen) atoms. The molecular weight excluding hydrogens is 412 g/mol. The first-order chi connectivity index (χ1) is 16.5. The van der Waals surface area contributed by atoms with Gasteiger partial charge in [0.2, 0.25) is 5.52 Å². The third kappa shape index (κ3) is 2.23. The number of hydrogen-bond acceptors (Lipinski definition) is 0. The van der Waals surface area contributed by atoms with Crippen LogP contribution >= 0.6 is 0 Å². The number of benzene rings is 4. The lowest BCUT2D eigenvalue weighted by atomic mass is 9.90. The molecule has 0 aliphatic carbocycles. The minimum atomic E-state index is 1.26. The van der Waals surface area contributed by atoms with E-state index in [1.54, 1.807) is 0 Å². The summed E-state index contributed by atoms with van der Waals surface area (Å²) in [4.78, 5) is 0. The Kier molecular flexibility index (Phi) is 3.78. The van der Waals surface area contributed by atoms with Gasteiger partial charge in [-0.25, -0.2) is 4.57 Å². The molecule has 7 rings (SSSR count). The summed E-state index contributed by atoms with van der Waals surface area (Å²) in [6.07, 6.45) is 2.23. The zero-order valence-corrected chi connectivity index (χ0v) is 20.3. The van der Waals surface area contributed by atoms with Crippen molar-refractivity contribution >= 4 is 49.0 Å². The Bertz CT molecular complexity index is 1940. The molecule has 0 unspecified atom stereocenters. The molecule has 0 bridgehead atoms. The van der Waals surface area contributed by atoms with Crippen molar-refractivity contribution in [3.8, 4) is 11.1 Å². The topological polar surface area (TPSA) is 8.29 Å². The normalized spacial score (nSPS) is 12.3. The van der Waals surface area contributed by atoms with Crippen LogP contribution in [0.4, 0.5) is 0 Å². The van der Waals surface area contributed by atoms with E-state index in [2.05, 4.69) is 117 Å². The van der Waals surface area contributed by atoms with Crippen LogP contribution in [0, 0.1) is 27.7 Å². The summed E-state index contributed by atoms with van der Waals surface area (Å²) < 4.78 is 4.89. The van der Waals surface area contributed by atoms with Gasteiger partial charge in [0, 0.05) is 16.8 Å². The van der Waals surface area contributed by atoms with E-state index in [0.717, 1.165) is 0 Å². The predicted octanol–water partition coefficient (Wildman–Crippen LogP) is 7.72. The highest BCUT2D eigenvalue weighted by molar-refractivity contribution is 6.30. The fourth-order valence-electron chi connectivity index (χ4n) is 6.25. The van der Waals surface area contributed by atoms with E-state index in [4.69, 9.17) is 0 Å². The Hall–Kier alpha value is -3.91. The molecule has 0 saturated carbocycles. The molecule has 3 aromatic heterocycles. The van der Waals surface area contributed by atoms with Gasteiger partial charge in [-0.2, -0.15) is 0 Å². The Labute approximate surface area is 199 Å². The minimum absolute atomic E-state index is 1.26. The van der Waals surface area contributed by atoms with E-state index < -0.39 is 0 Å². The first kappa shape index (κ1) is 19.5. The average Bonchev–Trinajstić information content (AvgIpc) is 3.21. The molecule has 0 aliphatic rings. The van der Waals surface area contributed by atoms with Crippen LogP contribution in [0.1, 0.15) is 22.3 Å². The maximum Gasteiger partial charge on any atom is 0.224 e. The van der Waals surface area contributed by atoms with Gasteiger partial charge in [-0.05, 0) is 78.6 Å². The summed E-state index contributed by atoms with van der Waals surface area (Å²) in [7, 11) is 2.19. The summed E-state index contributed by atoms with van der Waals surface area (Å²) >= 11 is 0. The highest BCUT2D eigenvalue weighted by Gasteiger charge is 2.27. The smallest absolute Gasteiger partial charge is 0.224 e. The molecule has 0 amide bonds. The number of pyridine rings is 2. The van der Waals surface area contributed by atoms with E-state index in [-0.39, 0.29) is 0 Å². The van der Waals surface area contributed by atoms with Crippen LogP contribution in [0.5, 0.6) is 0 Å². The second-order valence-electron chi connectivity index (χ2n) is 9.83. The van der Waals surface area contributed by atoms with Crippen LogP contribution in [-0.2, 0) is 7.05 Å². The summed E-state index contributed by atoms with van der Waals surface area (Å²) in [5.41, 5.74) is 13.4. The van der Waals surface area contributed by atoms with Gasteiger partial charge in [-0.3, -0.25) is 0 Å². The molecule has 0 radical (unpaired) electrons. The molecule has 2 nitrogen and oxygen atoms in total. The first-order valence-electron chi connectivity index (χ1n) is 12.0. The third-order valence-corrected chi connectivity index (χ3v) is 8.24. The lowest BCUT2D eigenvalue weighted by Crippen LogP contribution is -2.29. The van der Waals surface area contributed by atoms with Crippen molar-refractivity contribution in [3.05, 3.63) is 95.2 Å². The summed E-state index contributed by atoms with van der Waals surface area (Å²) in [6.45, 7) is 9.14. The molecule has 0 atom stereocenters. The van der Waals surface area contributed by atoms with Crippen LogP contribution in [0.2, 0.25) is 0 Å². The molecule has 164 valence electrons. The monoisotopic (exact) mass is 439 g/mol. The fourth-order valence-corrected chi connectivity index (χ4v) is 6.25. The van der Waals surface area contributed by atoms with Crippen LogP contribution in [0.15, 0.2) is 72.9 Å². The molecule has 0 spiro atoms. The number of fused-ring (bicyclic) bond motifs is 6. The zero-order valence-electron chi connectivity index (χ0n) is 20.3. The van der Waals surface area contributed by atoms with Crippen molar-refractivity contribution in [3.63, 3.8) is 0 Å². The molecule has 0 aliphatic heterocycles. The summed E-state index contributed by atoms with van der Waals surface area (Å²) in [6, 6.07) is 24.5. The van der Waals surface area contributed by atoms with E-state index in [1.165, 1.54) is 82.4 Å². The largest absolute Gasteiger partial charge is 0.307 e. The Morgan fingerprint density at radius 3 is 2.15 bits per heavy atom. The Morgan fingerprint density at radius 1 is 0.647 bits per heavy atom. The number of aromatic nitrogens is 2. The molecule has 2 heteroatoms. The van der Waals surface area contributed by atoms with Gasteiger partial charge >= 0.3 is 0 Å². The number of para-hydroxylation sites is 1. The van der Waals surface area contributed by atoms with E-state index in [9.17, 15) is 0 Å². The van der Waals surface area contributed by atoms with Gasteiger partial charge in [-0.1, -0.05) is 48.5 Å². The third-order valence-electron chi connectivity index (χ3n) is 8.24. The second-order valence-corrected chi connectivity index (χ2v) is 9.83. The van der Waals surface area contributed by atoms with Gasteiger partial charge in [0.05, 0.1) is 27.3 Å². The Balaban J connectivity index is 1.94. The molecular formula is C32H27N2+. The van der Waals surface area contributed by atoms with Crippen LogP contribution in [0.3, 0.4) is 0 Å². The van der Waals surface area contributed by atoms with E-state index >= 15 is 0 Å². The van der Waals surface area contributed by atoms with Crippen molar-refractivity contribution in [1.82, 2.24) is 4.40 Å². The maximum atomic E-state index is 2.57.